The molecule has 0 fully saturated rings. The lowest BCUT2D eigenvalue weighted by Crippen LogP contribution is -2.16. The Hall–Kier alpha value is -6.03. The van der Waals surface area contributed by atoms with Gasteiger partial charge in [0.15, 0.2) is 0 Å². The number of anilines is 3. The summed E-state index contributed by atoms with van der Waals surface area (Å²) in [4.78, 5) is 7.63. The molecule has 242 valence electrons. The number of benzene rings is 8. The lowest BCUT2D eigenvalue weighted by Gasteiger charge is -2.28. The Balaban J connectivity index is 1.09. The second-order valence-corrected chi connectivity index (χ2v) is 15.0. The van der Waals surface area contributed by atoms with E-state index in [2.05, 4.69) is 189 Å². The van der Waals surface area contributed by atoms with Crippen LogP contribution in [0.4, 0.5) is 17.1 Å². The van der Waals surface area contributed by atoms with Crippen molar-refractivity contribution in [3.63, 3.8) is 0 Å². The van der Waals surface area contributed by atoms with Gasteiger partial charge in [-0.15, -0.1) is 11.3 Å². The predicted molar refractivity (Wildman–Crippen MR) is 218 cm³/mol. The van der Waals surface area contributed by atoms with Crippen LogP contribution in [-0.2, 0) is 5.41 Å². The lowest BCUT2D eigenvalue weighted by atomic mass is 9.82. The molecule has 0 unspecified atom stereocenters. The number of aromatic nitrogens is 1. The summed E-state index contributed by atoms with van der Waals surface area (Å²) < 4.78 is 1.21. The molecule has 10 rings (SSSR count). The molecule has 0 N–H and O–H groups in total. The van der Waals surface area contributed by atoms with Gasteiger partial charge in [-0.2, -0.15) is 0 Å². The average Bonchev–Trinajstić information content (AvgIpc) is 3.72. The highest BCUT2D eigenvalue weighted by Crippen LogP contribution is 2.51. The molecule has 9 aromatic rings. The summed E-state index contributed by atoms with van der Waals surface area (Å²) in [6, 6.07) is 61.8. The van der Waals surface area contributed by atoms with Crippen LogP contribution in [0.1, 0.15) is 25.0 Å². The van der Waals surface area contributed by atoms with Crippen molar-refractivity contribution in [1.29, 1.82) is 0 Å². The first-order valence-corrected chi connectivity index (χ1v) is 18.4. The SMILES string of the molecule is CC1(C)c2ccccc2-c2ccc(N(c3ccc(-c4nc5c(ccc6c7ccccc7ccc65)s4)cc3)c3cccc(-c4ccccc4)c3)cc21. The van der Waals surface area contributed by atoms with Gasteiger partial charge >= 0.3 is 0 Å². The van der Waals surface area contributed by atoms with Crippen molar-refractivity contribution >= 4 is 60.2 Å². The summed E-state index contributed by atoms with van der Waals surface area (Å²) >= 11 is 1.76. The van der Waals surface area contributed by atoms with Gasteiger partial charge in [0.05, 0.1) is 10.2 Å². The lowest BCUT2D eigenvalue weighted by molar-refractivity contribution is 0.660. The maximum absolute atomic E-state index is 5.23. The van der Waals surface area contributed by atoms with Gasteiger partial charge < -0.3 is 4.90 Å². The van der Waals surface area contributed by atoms with Crippen LogP contribution in [0.25, 0.3) is 64.6 Å². The fourth-order valence-electron chi connectivity index (χ4n) is 8.09. The van der Waals surface area contributed by atoms with Crippen LogP contribution in [0.15, 0.2) is 170 Å². The molecule has 2 nitrogen and oxygen atoms in total. The van der Waals surface area contributed by atoms with E-state index in [1.807, 2.05) is 0 Å². The zero-order chi connectivity index (χ0) is 34.1. The number of hydrogen-bond acceptors (Lipinski definition) is 3. The van der Waals surface area contributed by atoms with Crippen molar-refractivity contribution in [2.45, 2.75) is 19.3 Å². The summed E-state index contributed by atoms with van der Waals surface area (Å²) in [6.07, 6.45) is 0. The van der Waals surface area contributed by atoms with E-state index >= 15 is 0 Å². The second kappa shape index (κ2) is 11.5. The largest absolute Gasteiger partial charge is 0.310 e. The van der Waals surface area contributed by atoms with E-state index in [1.54, 1.807) is 11.3 Å². The molecular formula is C48H34N2S. The minimum absolute atomic E-state index is 0.0906. The fraction of sp³-hybridized carbons (Fsp3) is 0.0625. The monoisotopic (exact) mass is 670 g/mol. The van der Waals surface area contributed by atoms with Crippen molar-refractivity contribution in [3.05, 3.63) is 181 Å². The molecule has 3 heteroatoms. The molecule has 0 aliphatic heterocycles. The van der Waals surface area contributed by atoms with E-state index in [1.165, 1.54) is 59.6 Å². The van der Waals surface area contributed by atoms with Crippen LogP contribution in [0.5, 0.6) is 0 Å². The highest BCUT2D eigenvalue weighted by molar-refractivity contribution is 7.21. The summed E-state index contributed by atoms with van der Waals surface area (Å²) in [5.74, 6) is 0. The second-order valence-electron chi connectivity index (χ2n) is 14.0. The fourth-order valence-corrected chi connectivity index (χ4v) is 9.08. The van der Waals surface area contributed by atoms with Crippen molar-refractivity contribution in [2.24, 2.45) is 0 Å². The van der Waals surface area contributed by atoms with E-state index in [4.69, 9.17) is 4.98 Å². The number of fused-ring (bicyclic) bond motifs is 8. The van der Waals surface area contributed by atoms with E-state index in [-0.39, 0.29) is 5.41 Å². The molecule has 0 saturated heterocycles. The van der Waals surface area contributed by atoms with Gasteiger partial charge in [-0.1, -0.05) is 129 Å². The van der Waals surface area contributed by atoms with Crippen molar-refractivity contribution in [1.82, 2.24) is 4.98 Å². The van der Waals surface area contributed by atoms with Crippen molar-refractivity contribution in [2.75, 3.05) is 4.90 Å². The maximum Gasteiger partial charge on any atom is 0.124 e. The molecule has 1 aliphatic rings. The molecular weight excluding hydrogens is 637 g/mol. The summed E-state index contributed by atoms with van der Waals surface area (Å²) in [5, 5.41) is 6.02. The van der Waals surface area contributed by atoms with E-state index in [9.17, 15) is 0 Å². The molecule has 1 heterocycles. The molecule has 0 radical (unpaired) electrons. The Labute approximate surface area is 301 Å². The minimum Gasteiger partial charge on any atom is -0.310 e. The minimum atomic E-state index is -0.0906. The van der Waals surface area contributed by atoms with Crippen LogP contribution in [-0.4, -0.2) is 4.98 Å². The quantitative estimate of drug-likeness (QED) is 0.169. The summed E-state index contributed by atoms with van der Waals surface area (Å²) in [6.45, 7) is 4.70. The third kappa shape index (κ3) is 4.80. The van der Waals surface area contributed by atoms with E-state index in [0.717, 1.165) is 33.1 Å². The standard InChI is InChI=1S/C48H34N2S/c1-48(2)43-18-9-8-17-40(43)41-26-24-37(30-44(41)48)50(36-15-10-14-34(29-36)31-11-4-3-5-12-31)35-22-19-33(20-23-35)47-49-46-42-25-21-32-13-6-7-16-38(32)39(42)27-28-45(46)51-47/h3-30H,1-2H3. The molecule has 0 bridgehead atoms. The third-order valence-electron chi connectivity index (χ3n) is 10.7. The van der Waals surface area contributed by atoms with E-state index in [0.29, 0.717) is 0 Å². The van der Waals surface area contributed by atoms with Crippen molar-refractivity contribution in [3.8, 4) is 32.8 Å². The Kier molecular flexibility index (Phi) is 6.74. The molecule has 0 spiro atoms. The Morgan fingerprint density at radius 2 is 1.18 bits per heavy atom. The van der Waals surface area contributed by atoms with Crippen LogP contribution >= 0.6 is 11.3 Å². The number of nitrogens with zero attached hydrogens (tertiary/aromatic N) is 2. The normalized spacial score (nSPS) is 13.1. The Morgan fingerprint density at radius 3 is 2.06 bits per heavy atom. The average molecular weight is 671 g/mol. The predicted octanol–water partition coefficient (Wildman–Crippen LogP) is 13.7. The highest BCUT2D eigenvalue weighted by Gasteiger charge is 2.35. The molecule has 1 aromatic heterocycles. The molecule has 0 atom stereocenters. The van der Waals surface area contributed by atoms with Crippen LogP contribution in [0, 0.1) is 0 Å². The van der Waals surface area contributed by atoms with Gasteiger partial charge in [-0.3, -0.25) is 0 Å². The van der Waals surface area contributed by atoms with Crippen LogP contribution < -0.4 is 4.90 Å². The first-order chi connectivity index (χ1) is 25.0. The molecule has 8 aromatic carbocycles. The van der Waals surface area contributed by atoms with E-state index < -0.39 is 0 Å². The van der Waals surface area contributed by atoms with Gasteiger partial charge in [0.1, 0.15) is 5.01 Å². The van der Waals surface area contributed by atoms with Crippen LogP contribution in [0.2, 0.25) is 0 Å². The molecule has 1 aliphatic carbocycles. The first-order valence-electron chi connectivity index (χ1n) is 17.5. The molecule has 0 amide bonds. The number of rotatable bonds is 5. The zero-order valence-electron chi connectivity index (χ0n) is 28.5. The Morgan fingerprint density at radius 1 is 0.471 bits per heavy atom. The van der Waals surface area contributed by atoms with Gasteiger partial charge in [0.2, 0.25) is 0 Å². The van der Waals surface area contributed by atoms with Crippen LogP contribution in [0.3, 0.4) is 0 Å². The molecule has 51 heavy (non-hydrogen) atoms. The number of hydrogen-bond donors (Lipinski definition) is 0. The van der Waals surface area contributed by atoms with Gasteiger partial charge in [-0.25, -0.2) is 4.98 Å². The number of thiazole rings is 1. The summed E-state index contributed by atoms with van der Waals surface area (Å²) in [5.41, 5.74) is 13.3. The topological polar surface area (TPSA) is 16.1 Å². The smallest absolute Gasteiger partial charge is 0.124 e. The third-order valence-corrected chi connectivity index (χ3v) is 11.8. The van der Waals surface area contributed by atoms with Gasteiger partial charge in [-0.05, 0) is 104 Å². The highest BCUT2D eigenvalue weighted by atomic mass is 32.1. The Bertz CT molecular complexity index is 2780. The van der Waals surface area contributed by atoms with Gasteiger partial charge in [0.25, 0.3) is 0 Å². The maximum atomic E-state index is 5.23. The zero-order valence-corrected chi connectivity index (χ0v) is 29.3. The van der Waals surface area contributed by atoms with Gasteiger partial charge in [0, 0.05) is 33.4 Å². The first kappa shape index (κ1) is 29.8. The summed E-state index contributed by atoms with van der Waals surface area (Å²) in [7, 11) is 0. The van der Waals surface area contributed by atoms with Crippen molar-refractivity contribution < 1.29 is 0 Å². The molecule has 0 saturated carbocycles.